The number of carbonyl (C=O) groups is 2. The Balaban J connectivity index is 1.99. The second-order valence-electron chi connectivity index (χ2n) is 5.95. The first-order chi connectivity index (χ1) is 9.56. The third kappa shape index (κ3) is 1.18. The van der Waals surface area contributed by atoms with E-state index >= 15 is 0 Å². The van der Waals surface area contributed by atoms with E-state index in [1.807, 2.05) is 18.2 Å². The summed E-state index contributed by atoms with van der Waals surface area (Å²) in [5.74, 6) is -0.0929. The van der Waals surface area contributed by atoms with E-state index in [2.05, 4.69) is 12.2 Å². The van der Waals surface area contributed by atoms with Gasteiger partial charge in [-0.2, -0.15) is 0 Å². The fraction of sp³-hybridized carbons (Fsp3) is 0.375. The summed E-state index contributed by atoms with van der Waals surface area (Å²) in [7, 11) is 1.59. The predicted octanol–water partition coefficient (Wildman–Crippen LogP) is 2.40. The first-order valence-electron chi connectivity index (χ1n) is 6.83. The van der Waals surface area contributed by atoms with E-state index in [4.69, 9.17) is 11.6 Å². The number of carbonyl (C=O) groups excluding carboxylic acids is 2. The van der Waals surface area contributed by atoms with Gasteiger partial charge < -0.3 is 0 Å². The number of hydrogen-bond donors (Lipinski definition) is 0. The summed E-state index contributed by atoms with van der Waals surface area (Å²) >= 11 is 6.11. The summed E-state index contributed by atoms with van der Waals surface area (Å²) in [6, 6.07) is 7.42. The second-order valence-corrected chi connectivity index (χ2v) is 6.39. The van der Waals surface area contributed by atoms with Crippen LogP contribution >= 0.6 is 11.6 Å². The van der Waals surface area contributed by atoms with Gasteiger partial charge in [0.05, 0.1) is 11.3 Å². The van der Waals surface area contributed by atoms with Crippen molar-refractivity contribution in [2.75, 3.05) is 7.05 Å². The van der Waals surface area contributed by atoms with Crippen molar-refractivity contribution in [3.63, 3.8) is 0 Å². The highest BCUT2D eigenvalue weighted by molar-refractivity contribution is 6.30. The van der Waals surface area contributed by atoms with Crippen LogP contribution in [0, 0.1) is 17.8 Å². The van der Waals surface area contributed by atoms with Gasteiger partial charge in [-0.25, -0.2) is 0 Å². The topological polar surface area (TPSA) is 37.4 Å². The highest BCUT2D eigenvalue weighted by atomic mass is 35.5. The van der Waals surface area contributed by atoms with Crippen molar-refractivity contribution in [2.24, 2.45) is 17.8 Å². The molecule has 2 fully saturated rings. The number of benzene rings is 1. The second kappa shape index (κ2) is 3.73. The van der Waals surface area contributed by atoms with Crippen LogP contribution in [-0.2, 0) is 15.0 Å². The molecule has 2 aliphatic carbocycles. The van der Waals surface area contributed by atoms with Gasteiger partial charge in [-0.05, 0) is 36.0 Å². The van der Waals surface area contributed by atoms with Gasteiger partial charge in [-0.15, -0.1) is 0 Å². The van der Waals surface area contributed by atoms with Crippen LogP contribution in [0.4, 0.5) is 0 Å². The zero-order valence-electron chi connectivity index (χ0n) is 11.0. The first-order valence-corrected chi connectivity index (χ1v) is 7.21. The molecule has 0 radical (unpaired) electrons. The lowest BCUT2D eigenvalue weighted by atomic mass is 9.65. The molecule has 0 N–H and O–H groups in total. The molecule has 102 valence electrons. The SMILES string of the molecule is CN1C(=O)C2C3C=CC(C3)C2(c2cccc(Cl)c2)C1=O. The van der Waals surface area contributed by atoms with Gasteiger partial charge in [0.25, 0.3) is 0 Å². The van der Waals surface area contributed by atoms with Gasteiger partial charge in [0.15, 0.2) is 0 Å². The van der Waals surface area contributed by atoms with E-state index in [9.17, 15) is 9.59 Å². The molecule has 0 spiro atoms. The maximum Gasteiger partial charge on any atom is 0.241 e. The molecule has 4 atom stereocenters. The Labute approximate surface area is 122 Å². The maximum atomic E-state index is 12.8. The predicted molar refractivity (Wildman–Crippen MR) is 75.1 cm³/mol. The van der Waals surface area contributed by atoms with Gasteiger partial charge >= 0.3 is 0 Å². The van der Waals surface area contributed by atoms with E-state index < -0.39 is 5.41 Å². The maximum absolute atomic E-state index is 12.8. The van der Waals surface area contributed by atoms with Gasteiger partial charge in [0, 0.05) is 12.1 Å². The van der Waals surface area contributed by atoms with Crippen LogP contribution in [0.15, 0.2) is 36.4 Å². The average molecular weight is 288 g/mol. The van der Waals surface area contributed by atoms with Crippen LogP contribution in [0.2, 0.25) is 5.02 Å². The van der Waals surface area contributed by atoms with Gasteiger partial charge in [0.2, 0.25) is 11.8 Å². The molecule has 3 aliphatic rings. The van der Waals surface area contributed by atoms with Crippen LogP contribution in [0.25, 0.3) is 0 Å². The molecular weight excluding hydrogens is 274 g/mol. The Hall–Kier alpha value is -1.61. The Kier molecular flexibility index (Phi) is 2.27. The molecule has 2 bridgehead atoms. The normalized spacial score (nSPS) is 37.9. The number of halogens is 1. The molecule has 4 rings (SSSR count). The first kappa shape index (κ1) is 12.2. The molecule has 2 amide bonds. The van der Waals surface area contributed by atoms with Crippen LogP contribution in [0.1, 0.15) is 12.0 Å². The molecule has 1 saturated heterocycles. The molecule has 1 saturated carbocycles. The minimum Gasteiger partial charge on any atom is -0.285 e. The van der Waals surface area contributed by atoms with E-state index in [1.165, 1.54) is 4.90 Å². The lowest BCUT2D eigenvalue weighted by molar-refractivity contribution is -0.139. The van der Waals surface area contributed by atoms with Gasteiger partial charge in [-0.1, -0.05) is 35.9 Å². The average Bonchev–Trinajstić information content (AvgIpc) is 3.08. The summed E-state index contributed by atoms with van der Waals surface area (Å²) in [6.07, 6.45) is 5.09. The van der Waals surface area contributed by atoms with Crippen molar-refractivity contribution in [3.8, 4) is 0 Å². The Bertz CT molecular complexity index is 668. The van der Waals surface area contributed by atoms with E-state index in [0.717, 1.165) is 12.0 Å². The van der Waals surface area contributed by atoms with Crippen molar-refractivity contribution in [1.29, 1.82) is 0 Å². The zero-order valence-corrected chi connectivity index (χ0v) is 11.8. The number of amides is 2. The number of rotatable bonds is 1. The molecule has 4 heteroatoms. The Morgan fingerprint density at radius 3 is 2.85 bits per heavy atom. The number of likely N-dealkylation sites (N-methyl/N-ethyl adjacent to an activating group) is 1. The monoisotopic (exact) mass is 287 g/mol. The molecular formula is C16H14ClNO2. The number of imide groups is 1. The Morgan fingerprint density at radius 2 is 2.10 bits per heavy atom. The van der Waals surface area contributed by atoms with Crippen molar-refractivity contribution >= 4 is 23.4 Å². The zero-order chi connectivity index (χ0) is 14.1. The number of likely N-dealkylation sites (tertiary alicyclic amines) is 1. The molecule has 1 heterocycles. The van der Waals surface area contributed by atoms with Crippen molar-refractivity contribution in [1.82, 2.24) is 4.90 Å². The van der Waals surface area contributed by atoms with E-state index in [-0.39, 0.29) is 29.6 Å². The fourth-order valence-corrected chi connectivity index (χ4v) is 4.59. The Morgan fingerprint density at radius 1 is 1.30 bits per heavy atom. The third-order valence-corrected chi connectivity index (χ3v) is 5.41. The summed E-state index contributed by atoms with van der Waals surface area (Å²) in [6.45, 7) is 0. The minimum atomic E-state index is -0.726. The van der Waals surface area contributed by atoms with Crippen LogP contribution < -0.4 is 0 Å². The summed E-state index contributed by atoms with van der Waals surface area (Å²) in [5.41, 5.74) is 0.158. The standard InChI is InChI=1S/C16H14ClNO2/c1-18-14(19)13-9-5-6-11(7-9)16(13,15(18)20)10-3-2-4-12(17)8-10/h2-6,8-9,11,13H,7H2,1H3. The van der Waals surface area contributed by atoms with Crippen molar-refractivity contribution in [3.05, 3.63) is 47.0 Å². The summed E-state index contributed by atoms with van der Waals surface area (Å²) < 4.78 is 0. The van der Waals surface area contributed by atoms with Gasteiger partial charge in [-0.3, -0.25) is 14.5 Å². The van der Waals surface area contributed by atoms with E-state index in [0.29, 0.717) is 5.02 Å². The quantitative estimate of drug-likeness (QED) is 0.587. The molecule has 20 heavy (non-hydrogen) atoms. The number of nitrogens with zero attached hydrogens (tertiary/aromatic N) is 1. The number of allylic oxidation sites excluding steroid dienone is 2. The van der Waals surface area contributed by atoms with Crippen molar-refractivity contribution < 1.29 is 9.59 Å². The largest absolute Gasteiger partial charge is 0.285 e. The lowest BCUT2D eigenvalue weighted by Gasteiger charge is -2.33. The molecule has 1 aromatic carbocycles. The molecule has 0 aromatic heterocycles. The van der Waals surface area contributed by atoms with Crippen LogP contribution in [0.3, 0.4) is 0 Å². The summed E-state index contributed by atoms with van der Waals surface area (Å²) in [4.78, 5) is 26.6. The third-order valence-electron chi connectivity index (χ3n) is 5.18. The van der Waals surface area contributed by atoms with Crippen LogP contribution in [0.5, 0.6) is 0 Å². The molecule has 3 nitrogen and oxygen atoms in total. The highest BCUT2D eigenvalue weighted by Crippen LogP contribution is 2.61. The van der Waals surface area contributed by atoms with E-state index in [1.54, 1.807) is 13.1 Å². The molecule has 1 aliphatic heterocycles. The summed E-state index contributed by atoms with van der Waals surface area (Å²) in [5, 5.41) is 0.609. The van der Waals surface area contributed by atoms with Crippen molar-refractivity contribution in [2.45, 2.75) is 11.8 Å². The number of fused-ring (bicyclic) bond motifs is 5. The number of hydrogen-bond acceptors (Lipinski definition) is 2. The van der Waals surface area contributed by atoms with Crippen LogP contribution in [-0.4, -0.2) is 23.8 Å². The fourth-order valence-electron chi connectivity index (χ4n) is 4.40. The molecule has 4 unspecified atom stereocenters. The van der Waals surface area contributed by atoms with Gasteiger partial charge in [0.1, 0.15) is 0 Å². The molecule has 1 aromatic rings. The smallest absolute Gasteiger partial charge is 0.241 e. The minimum absolute atomic E-state index is 0.0492. The highest BCUT2D eigenvalue weighted by Gasteiger charge is 2.69. The lowest BCUT2D eigenvalue weighted by Crippen LogP contribution is -2.43.